The molecule has 0 saturated carbocycles. The molecule has 3 heteroatoms. The number of rotatable bonds is 6. The van der Waals surface area contributed by atoms with Crippen LogP contribution in [-0.2, 0) is 9.47 Å². The van der Waals surface area contributed by atoms with Crippen LogP contribution in [0, 0.1) is 0 Å². The average Bonchev–Trinajstić information content (AvgIpc) is 2.28. The van der Waals surface area contributed by atoms with Crippen LogP contribution in [0.4, 0.5) is 5.69 Å². The average molecular weight is 237 g/mol. The molecule has 17 heavy (non-hydrogen) atoms. The fourth-order valence-electron chi connectivity index (χ4n) is 1.49. The van der Waals surface area contributed by atoms with Crippen molar-refractivity contribution in [1.29, 1.82) is 0 Å². The molecule has 0 heterocycles. The van der Waals surface area contributed by atoms with Crippen LogP contribution in [-0.4, -0.2) is 19.3 Å². The van der Waals surface area contributed by atoms with E-state index in [0.717, 1.165) is 17.7 Å². The Hall–Kier alpha value is -1.06. The second-order valence-electron chi connectivity index (χ2n) is 4.90. The molecule has 0 spiro atoms. The van der Waals surface area contributed by atoms with E-state index in [-0.39, 0.29) is 11.7 Å². The summed E-state index contributed by atoms with van der Waals surface area (Å²) in [5.41, 5.74) is 7.50. The predicted molar refractivity (Wildman–Crippen MR) is 70.9 cm³/mol. The van der Waals surface area contributed by atoms with E-state index in [1.54, 1.807) is 7.11 Å². The number of hydrogen-bond donors (Lipinski definition) is 1. The zero-order chi connectivity index (χ0) is 12.9. The summed E-state index contributed by atoms with van der Waals surface area (Å²) in [5.74, 6) is 0. The minimum absolute atomic E-state index is 0.0613. The summed E-state index contributed by atoms with van der Waals surface area (Å²) < 4.78 is 11.1. The van der Waals surface area contributed by atoms with E-state index in [1.165, 1.54) is 0 Å². The predicted octanol–water partition coefficient (Wildman–Crippen LogP) is 3.16. The highest BCUT2D eigenvalue weighted by atomic mass is 16.5. The molecule has 1 atom stereocenters. The van der Waals surface area contributed by atoms with E-state index < -0.39 is 0 Å². The van der Waals surface area contributed by atoms with Gasteiger partial charge in [0.15, 0.2) is 0 Å². The third-order valence-electron chi connectivity index (χ3n) is 3.00. The van der Waals surface area contributed by atoms with E-state index in [4.69, 9.17) is 15.2 Å². The first-order chi connectivity index (χ1) is 7.94. The molecule has 2 N–H and O–H groups in total. The van der Waals surface area contributed by atoms with Gasteiger partial charge in [-0.05, 0) is 44.9 Å². The highest BCUT2D eigenvalue weighted by molar-refractivity contribution is 5.41. The Kier molecular flexibility index (Phi) is 4.97. The fraction of sp³-hybridized carbons (Fsp3) is 0.571. The maximum atomic E-state index is 5.79. The molecule has 0 fully saturated rings. The van der Waals surface area contributed by atoms with Gasteiger partial charge in [0, 0.05) is 12.8 Å². The molecule has 0 amide bonds. The Bertz CT molecular complexity index is 350. The molecule has 0 aromatic heterocycles. The molecular formula is C14H23NO2. The number of methoxy groups -OCH3 is 1. The summed E-state index contributed by atoms with van der Waals surface area (Å²) in [6, 6.07) is 7.81. The highest BCUT2D eigenvalue weighted by Crippen LogP contribution is 2.21. The Balaban J connectivity index is 2.42. The third kappa shape index (κ3) is 4.75. The van der Waals surface area contributed by atoms with Gasteiger partial charge in [-0.1, -0.05) is 12.1 Å². The molecule has 96 valence electrons. The fourth-order valence-corrected chi connectivity index (χ4v) is 1.49. The lowest BCUT2D eigenvalue weighted by molar-refractivity contribution is -0.0239. The number of nitrogen functional groups attached to an aromatic ring is 1. The quantitative estimate of drug-likeness (QED) is 0.773. The summed E-state index contributed by atoms with van der Waals surface area (Å²) in [7, 11) is 1.72. The molecule has 0 radical (unpaired) electrons. The van der Waals surface area contributed by atoms with Gasteiger partial charge >= 0.3 is 0 Å². The van der Waals surface area contributed by atoms with E-state index in [9.17, 15) is 0 Å². The number of benzene rings is 1. The summed E-state index contributed by atoms with van der Waals surface area (Å²) in [4.78, 5) is 0. The minimum Gasteiger partial charge on any atom is -0.399 e. The number of ether oxygens (including phenoxy) is 2. The molecule has 1 aromatic rings. The van der Waals surface area contributed by atoms with E-state index >= 15 is 0 Å². The van der Waals surface area contributed by atoms with Gasteiger partial charge in [0.2, 0.25) is 0 Å². The Morgan fingerprint density at radius 1 is 1.35 bits per heavy atom. The van der Waals surface area contributed by atoms with Gasteiger partial charge in [-0.3, -0.25) is 0 Å². The van der Waals surface area contributed by atoms with Crippen LogP contribution >= 0.6 is 0 Å². The smallest absolute Gasteiger partial charge is 0.0797 e. The lowest BCUT2D eigenvalue weighted by atomic mass is 10.1. The van der Waals surface area contributed by atoms with Crippen molar-refractivity contribution in [1.82, 2.24) is 0 Å². The van der Waals surface area contributed by atoms with Crippen LogP contribution in [0.1, 0.15) is 38.9 Å². The molecule has 0 saturated heterocycles. The maximum Gasteiger partial charge on any atom is 0.0797 e. The van der Waals surface area contributed by atoms with Crippen molar-refractivity contribution in [2.45, 2.75) is 38.9 Å². The van der Waals surface area contributed by atoms with Gasteiger partial charge in [-0.25, -0.2) is 0 Å². The molecule has 0 aliphatic heterocycles. The minimum atomic E-state index is -0.130. The van der Waals surface area contributed by atoms with Crippen molar-refractivity contribution in [3.05, 3.63) is 29.8 Å². The van der Waals surface area contributed by atoms with E-state index in [2.05, 4.69) is 13.8 Å². The Labute approximate surface area is 104 Å². The number of hydrogen-bond acceptors (Lipinski definition) is 3. The van der Waals surface area contributed by atoms with Gasteiger partial charge < -0.3 is 15.2 Å². The molecule has 0 bridgehead atoms. The molecule has 1 aromatic carbocycles. The molecular weight excluding hydrogens is 214 g/mol. The standard InChI is InChI=1S/C14H23NO2/c1-11(12-6-5-7-13(15)10-12)17-9-8-14(2,3)16-4/h5-7,10-11H,8-9,15H2,1-4H3. The molecule has 1 rings (SSSR count). The van der Waals surface area contributed by atoms with Crippen LogP contribution in [0.25, 0.3) is 0 Å². The van der Waals surface area contributed by atoms with Gasteiger partial charge in [-0.15, -0.1) is 0 Å². The number of anilines is 1. The largest absolute Gasteiger partial charge is 0.399 e. The first-order valence-corrected chi connectivity index (χ1v) is 5.97. The topological polar surface area (TPSA) is 44.5 Å². The molecule has 0 aliphatic rings. The monoisotopic (exact) mass is 237 g/mol. The van der Waals surface area contributed by atoms with Crippen LogP contribution in [0.3, 0.4) is 0 Å². The Morgan fingerprint density at radius 3 is 2.65 bits per heavy atom. The summed E-state index contributed by atoms with van der Waals surface area (Å²) in [6.07, 6.45) is 0.932. The van der Waals surface area contributed by atoms with Crippen molar-refractivity contribution in [3.63, 3.8) is 0 Å². The summed E-state index contributed by atoms with van der Waals surface area (Å²) in [6.45, 7) is 6.83. The van der Waals surface area contributed by atoms with Gasteiger partial charge in [0.05, 0.1) is 18.3 Å². The van der Waals surface area contributed by atoms with Crippen molar-refractivity contribution in [2.24, 2.45) is 0 Å². The summed E-state index contributed by atoms with van der Waals surface area (Å²) >= 11 is 0. The van der Waals surface area contributed by atoms with E-state index in [1.807, 2.05) is 31.2 Å². The summed E-state index contributed by atoms with van der Waals surface area (Å²) in [5, 5.41) is 0. The van der Waals surface area contributed by atoms with Crippen molar-refractivity contribution in [2.75, 3.05) is 19.5 Å². The van der Waals surface area contributed by atoms with Crippen molar-refractivity contribution < 1.29 is 9.47 Å². The zero-order valence-corrected chi connectivity index (χ0v) is 11.2. The van der Waals surface area contributed by atoms with Crippen LogP contribution in [0.5, 0.6) is 0 Å². The maximum absolute atomic E-state index is 5.79. The second kappa shape index (κ2) is 6.03. The first-order valence-electron chi connectivity index (χ1n) is 5.97. The normalized spacial score (nSPS) is 13.6. The molecule has 1 unspecified atom stereocenters. The van der Waals surface area contributed by atoms with Crippen LogP contribution in [0.2, 0.25) is 0 Å². The SMILES string of the molecule is COC(C)(C)CCOC(C)c1cccc(N)c1. The lowest BCUT2D eigenvalue weighted by Crippen LogP contribution is -2.24. The Morgan fingerprint density at radius 2 is 2.06 bits per heavy atom. The lowest BCUT2D eigenvalue weighted by Gasteiger charge is -2.23. The number of nitrogens with two attached hydrogens (primary N) is 1. The zero-order valence-electron chi connectivity index (χ0n) is 11.2. The molecule has 3 nitrogen and oxygen atoms in total. The van der Waals surface area contributed by atoms with Crippen LogP contribution < -0.4 is 5.73 Å². The van der Waals surface area contributed by atoms with Crippen molar-refractivity contribution in [3.8, 4) is 0 Å². The second-order valence-corrected chi connectivity index (χ2v) is 4.90. The third-order valence-corrected chi connectivity index (χ3v) is 3.00. The highest BCUT2D eigenvalue weighted by Gasteiger charge is 2.16. The van der Waals surface area contributed by atoms with Crippen molar-refractivity contribution >= 4 is 5.69 Å². The van der Waals surface area contributed by atoms with Gasteiger partial charge in [0.25, 0.3) is 0 Å². The van der Waals surface area contributed by atoms with E-state index in [0.29, 0.717) is 6.61 Å². The molecule has 0 aliphatic carbocycles. The van der Waals surface area contributed by atoms with Crippen LogP contribution in [0.15, 0.2) is 24.3 Å². The van der Waals surface area contributed by atoms with Gasteiger partial charge in [0.1, 0.15) is 0 Å². The van der Waals surface area contributed by atoms with Gasteiger partial charge in [-0.2, -0.15) is 0 Å². The first kappa shape index (κ1) is 14.0.